The fourth-order valence-corrected chi connectivity index (χ4v) is 2.18. The Bertz CT molecular complexity index is 577. The lowest BCUT2D eigenvalue weighted by Crippen LogP contribution is -2.26. The van der Waals surface area contributed by atoms with Crippen molar-refractivity contribution in [1.82, 2.24) is 0 Å². The molecule has 0 aromatic heterocycles. The molecule has 0 heterocycles. The van der Waals surface area contributed by atoms with Crippen LogP contribution in [0.3, 0.4) is 0 Å². The first-order chi connectivity index (χ1) is 10.2. The number of hydrogen-bond acceptors (Lipinski definition) is 4. The fraction of sp³-hybridized carbons (Fsp3) is 0.250. The zero-order valence-corrected chi connectivity index (χ0v) is 13.3. The zero-order chi connectivity index (χ0) is 15.1. The molecule has 0 saturated carbocycles. The normalized spacial score (nSPS) is 11.8. The van der Waals surface area contributed by atoms with Gasteiger partial charge in [-0.25, -0.2) is 0 Å². The Morgan fingerprint density at radius 2 is 1.90 bits per heavy atom. The summed E-state index contributed by atoms with van der Waals surface area (Å²) in [6.07, 6.45) is -0.602. The molecule has 112 valence electrons. The number of hydrogen-bond donors (Lipinski definition) is 2. The third-order valence-electron chi connectivity index (χ3n) is 2.85. The molecule has 0 bridgehead atoms. The summed E-state index contributed by atoms with van der Waals surface area (Å²) in [4.78, 5) is 0. The van der Waals surface area contributed by atoms with Crippen molar-refractivity contribution in [2.24, 2.45) is 0 Å². The van der Waals surface area contributed by atoms with E-state index >= 15 is 0 Å². The number of benzene rings is 2. The van der Waals surface area contributed by atoms with E-state index in [0.717, 1.165) is 15.9 Å². The molecule has 21 heavy (non-hydrogen) atoms. The van der Waals surface area contributed by atoms with E-state index in [9.17, 15) is 5.11 Å². The van der Waals surface area contributed by atoms with E-state index < -0.39 is 6.10 Å². The van der Waals surface area contributed by atoms with Crippen LogP contribution in [0.5, 0.6) is 11.5 Å². The lowest BCUT2D eigenvalue weighted by Gasteiger charge is -2.14. The minimum atomic E-state index is -0.602. The average Bonchev–Trinajstić information content (AvgIpc) is 2.51. The molecule has 4 nitrogen and oxygen atoms in total. The van der Waals surface area contributed by atoms with E-state index in [1.165, 1.54) is 0 Å². The molecule has 2 aromatic rings. The van der Waals surface area contributed by atoms with Crippen LogP contribution in [-0.4, -0.2) is 31.5 Å². The van der Waals surface area contributed by atoms with Gasteiger partial charge in [-0.2, -0.15) is 0 Å². The summed E-state index contributed by atoms with van der Waals surface area (Å²) in [5.74, 6) is 1.41. The molecule has 0 saturated heterocycles. The van der Waals surface area contributed by atoms with Crippen molar-refractivity contribution < 1.29 is 14.6 Å². The molecule has 0 fully saturated rings. The van der Waals surface area contributed by atoms with Gasteiger partial charge >= 0.3 is 0 Å². The molecule has 5 heteroatoms. The summed E-state index contributed by atoms with van der Waals surface area (Å²) in [5.41, 5.74) is 0.949. The maximum Gasteiger partial charge on any atom is 0.123 e. The van der Waals surface area contributed by atoms with Gasteiger partial charge in [-0.15, -0.1) is 0 Å². The van der Waals surface area contributed by atoms with Crippen LogP contribution < -0.4 is 14.8 Å². The first-order valence-corrected chi connectivity index (χ1v) is 7.41. The molecule has 1 unspecified atom stereocenters. The number of aliphatic hydroxyl groups excluding tert-OH is 1. The Morgan fingerprint density at radius 1 is 1.14 bits per heavy atom. The summed E-state index contributed by atoms with van der Waals surface area (Å²) in [6, 6.07) is 15.1. The highest BCUT2D eigenvalue weighted by atomic mass is 79.9. The molecule has 0 aliphatic rings. The maximum absolute atomic E-state index is 9.94. The first kappa shape index (κ1) is 15.7. The number of ether oxygens (including phenoxy) is 2. The molecule has 0 radical (unpaired) electrons. The smallest absolute Gasteiger partial charge is 0.123 e. The van der Waals surface area contributed by atoms with Crippen LogP contribution in [0, 0.1) is 0 Å². The van der Waals surface area contributed by atoms with E-state index in [1.54, 1.807) is 13.2 Å². The zero-order valence-electron chi connectivity index (χ0n) is 11.8. The standard InChI is InChI=1S/C16H18BrNO3/c1-20-15-6-3-7-16(9-15)21-11-14(19)10-18-13-5-2-4-12(17)8-13/h2-9,14,18-19H,10-11H2,1H3. The molecular weight excluding hydrogens is 334 g/mol. The van der Waals surface area contributed by atoms with Gasteiger partial charge in [0.05, 0.1) is 7.11 Å². The van der Waals surface area contributed by atoms with Gasteiger partial charge in [-0.1, -0.05) is 28.1 Å². The number of aliphatic hydroxyl groups is 1. The summed E-state index contributed by atoms with van der Waals surface area (Å²) < 4.78 is 11.7. The SMILES string of the molecule is COc1cccc(OCC(O)CNc2cccc(Br)c2)c1. The lowest BCUT2D eigenvalue weighted by molar-refractivity contribution is 0.117. The second kappa shape index (κ2) is 7.90. The highest BCUT2D eigenvalue weighted by molar-refractivity contribution is 9.10. The summed E-state index contributed by atoms with van der Waals surface area (Å²) in [5, 5.41) is 13.1. The topological polar surface area (TPSA) is 50.7 Å². The number of anilines is 1. The van der Waals surface area contributed by atoms with Gasteiger partial charge in [0.25, 0.3) is 0 Å². The van der Waals surface area contributed by atoms with E-state index in [0.29, 0.717) is 12.3 Å². The molecule has 0 aliphatic carbocycles. The molecule has 0 aliphatic heterocycles. The Balaban J connectivity index is 1.78. The number of nitrogens with one attached hydrogen (secondary N) is 1. The molecule has 0 spiro atoms. The van der Waals surface area contributed by atoms with Crippen LogP contribution in [0.15, 0.2) is 53.0 Å². The quantitative estimate of drug-likeness (QED) is 0.803. The molecule has 2 N–H and O–H groups in total. The van der Waals surface area contributed by atoms with Crippen LogP contribution in [-0.2, 0) is 0 Å². The van der Waals surface area contributed by atoms with Crippen molar-refractivity contribution in [2.45, 2.75) is 6.10 Å². The highest BCUT2D eigenvalue weighted by Gasteiger charge is 2.06. The van der Waals surface area contributed by atoms with Crippen molar-refractivity contribution in [2.75, 3.05) is 25.6 Å². The maximum atomic E-state index is 9.94. The van der Waals surface area contributed by atoms with Crippen molar-refractivity contribution in [1.29, 1.82) is 0 Å². The van der Waals surface area contributed by atoms with Crippen molar-refractivity contribution >= 4 is 21.6 Å². The molecule has 0 amide bonds. The minimum absolute atomic E-state index is 0.216. The minimum Gasteiger partial charge on any atom is -0.497 e. The number of rotatable bonds is 7. The fourth-order valence-electron chi connectivity index (χ4n) is 1.78. The second-order valence-electron chi connectivity index (χ2n) is 4.54. The van der Waals surface area contributed by atoms with Gasteiger partial charge in [0.1, 0.15) is 24.2 Å². The van der Waals surface area contributed by atoms with Gasteiger partial charge in [0.2, 0.25) is 0 Å². The van der Waals surface area contributed by atoms with Gasteiger partial charge < -0.3 is 19.9 Å². The monoisotopic (exact) mass is 351 g/mol. The molecule has 2 aromatic carbocycles. The predicted octanol–water partition coefficient (Wildman–Crippen LogP) is 3.31. The molecule has 2 rings (SSSR count). The molecule has 1 atom stereocenters. The Morgan fingerprint density at radius 3 is 2.67 bits per heavy atom. The second-order valence-corrected chi connectivity index (χ2v) is 5.45. The highest BCUT2D eigenvalue weighted by Crippen LogP contribution is 2.19. The third-order valence-corrected chi connectivity index (χ3v) is 3.34. The van der Waals surface area contributed by atoms with Crippen molar-refractivity contribution in [3.05, 3.63) is 53.0 Å². The summed E-state index contributed by atoms with van der Waals surface area (Å²) >= 11 is 3.40. The third kappa shape index (κ3) is 5.28. The van der Waals surface area contributed by atoms with Crippen LogP contribution in [0.25, 0.3) is 0 Å². The van der Waals surface area contributed by atoms with Crippen LogP contribution in [0.4, 0.5) is 5.69 Å². The summed E-state index contributed by atoms with van der Waals surface area (Å²) in [6.45, 7) is 0.634. The van der Waals surface area contributed by atoms with Crippen LogP contribution >= 0.6 is 15.9 Å². The van der Waals surface area contributed by atoms with Crippen molar-refractivity contribution in [3.8, 4) is 11.5 Å². The van der Waals surface area contributed by atoms with E-state index in [2.05, 4.69) is 21.2 Å². The number of methoxy groups -OCH3 is 1. The van der Waals surface area contributed by atoms with E-state index in [-0.39, 0.29) is 6.61 Å². The Labute approximate surface area is 132 Å². The van der Waals surface area contributed by atoms with E-state index in [4.69, 9.17) is 9.47 Å². The van der Waals surface area contributed by atoms with Gasteiger partial charge in [-0.3, -0.25) is 0 Å². The van der Waals surface area contributed by atoms with Gasteiger partial charge in [0.15, 0.2) is 0 Å². The van der Waals surface area contributed by atoms with Crippen LogP contribution in [0.1, 0.15) is 0 Å². The van der Waals surface area contributed by atoms with E-state index in [1.807, 2.05) is 42.5 Å². The Hall–Kier alpha value is -1.72. The molecular formula is C16H18BrNO3. The largest absolute Gasteiger partial charge is 0.497 e. The van der Waals surface area contributed by atoms with Gasteiger partial charge in [0, 0.05) is 22.8 Å². The Kier molecular flexibility index (Phi) is 5.90. The van der Waals surface area contributed by atoms with Crippen LogP contribution in [0.2, 0.25) is 0 Å². The van der Waals surface area contributed by atoms with Gasteiger partial charge in [-0.05, 0) is 30.3 Å². The van der Waals surface area contributed by atoms with Crippen molar-refractivity contribution in [3.63, 3.8) is 0 Å². The summed E-state index contributed by atoms with van der Waals surface area (Å²) in [7, 11) is 1.61. The average molecular weight is 352 g/mol. The number of halogens is 1. The first-order valence-electron chi connectivity index (χ1n) is 6.62. The lowest BCUT2D eigenvalue weighted by atomic mass is 10.3. The predicted molar refractivity (Wildman–Crippen MR) is 87.1 cm³/mol.